The first-order valence-electron chi connectivity index (χ1n) is 3.69. The van der Waals surface area contributed by atoms with Crippen LogP contribution in [-0.4, -0.2) is 26.6 Å². The molecule has 1 heterocycles. The molecule has 0 aliphatic carbocycles. The van der Waals surface area contributed by atoms with Crippen molar-refractivity contribution in [3.63, 3.8) is 0 Å². The molecule has 0 fully saturated rings. The van der Waals surface area contributed by atoms with Gasteiger partial charge in [0.15, 0.2) is 0 Å². The highest BCUT2D eigenvalue weighted by atomic mass is 79.9. The van der Waals surface area contributed by atoms with E-state index < -0.39 is 18.2 Å². The van der Waals surface area contributed by atoms with Gasteiger partial charge in [0.2, 0.25) is 5.95 Å². The Kier molecular flexibility index (Phi) is 3.77. The number of hydrogen-bond donors (Lipinski definition) is 2. The van der Waals surface area contributed by atoms with Gasteiger partial charge < -0.3 is 10.2 Å². The largest absolute Gasteiger partial charge is 0.389 e. The summed E-state index contributed by atoms with van der Waals surface area (Å²) < 4.78 is 12.6. The SMILES string of the molecule is OC(CBr)C(O)c1cccc(F)n1. The van der Waals surface area contributed by atoms with Crippen LogP contribution in [0, 0.1) is 5.95 Å². The standard InChI is InChI=1S/C8H9BrFNO2/c9-4-6(12)8(13)5-2-1-3-7(10)11-5/h1-3,6,8,12-13H,4H2. The van der Waals surface area contributed by atoms with Crippen LogP contribution in [0.1, 0.15) is 11.8 Å². The summed E-state index contributed by atoms with van der Waals surface area (Å²) in [6.45, 7) is 0. The summed E-state index contributed by atoms with van der Waals surface area (Å²) in [6.07, 6.45) is -2.13. The van der Waals surface area contributed by atoms with Crippen LogP contribution in [0.2, 0.25) is 0 Å². The summed E-state index contributed by atoms with van der Waals surface area (Å²) in [5, 5.41) is 18.8. The third-order valence-electron chi connectivity index (χ3n) is 1.56. The fourth-order valence-corrected chi connectivity index (χ4v) is 1.22. The molecule has 0 radical (unpaired) electrons. The van der Waals surface area contributed by atoms with Gasteiger partial charge in [0.25, 0.3) is 0 Å². The summed E-state index contributed by atoms with van der Waals surface area (Å²) in [4.78, 5) is 3.44. The monoisotopic (exact) mass is 249 g/mol. The summed E-state index contributed by atoms with van der Waals surface area (Å²) >= 11 is 3.00. The Balaban J connectivity index is 2.82. The van der Waals surface area contributed by atoms with Gasteiger partial charge in [-0.05, 0) is 12.1 Å². The molecule has 0 bridgehead atoms. The number of alkyl halides is 1. The molecule has 0 aromatic carbocycles. The zero-order valence-corrected chi connectivity index (χ0v) is 8.28. The number of halogens is 2. The lowest BCUT2D eigenvalue weighted by Gasteiger charge is -2.14. The van der Waals surface area contributed by atoms with Gasteiger partial charge in [0.05, 0.1) is 11.8 Å². The Morgan fingerprint density at radius 1 is 1.46 bits per heavy atom. The number of nitrogens with zero attached hydrogens (tertiary/aromatic N) is 1. The Bertz CT molecular complexity index is 285. The summed E-state index contributed by atoms with van der Waals surface area (Å²) in [5.74, 6) is -0.668. The van der Waals surface area contributed by atoms with E-state index >= 15 is 0 Å². The maximum absolute atomic E-state index is 12.6. The van der Waals surface area contributed by atoms with Crippen molar-refractivity contribution in [1.29, 1.82) is 0 Å². The number of pyridine rings is 1. The molecule has 72 valence electrons. The van der Waals surface area contributed by atoms with Crippen molar-refractivity contribution in [3.05, 3.63) is 29.8 Å². The number of aliphatic hydroxyl groups is 2. The third kappa shape index (κ3) is 2.72. The minimum Gasteiger partial charge on any atom is -0.389 e. The summed E-state index contributed by atoms with van der Waals surface area (Å²) in [6, 6.07) is 4.07. The van der Waals surface area contributed by atoms with Crippen LogP contribution in [0.4, 0.5) is 4.39 Å². The highest BCUT2D eigenvalue weighted by molar-refractivity contribution is 9.09. The lowest BCUT2D eigenvalue weighted by Crippen LogP contribution is -2.20. The summed E-state index contributed by atoms with van der Waals surface area (Å²) in [7, 11) is 0. The van der Waals surface area contributed by atoms with E-state index in [2.05, 4.69) is 20.9 Å². The Labute approximate surface area is 83.4 Å². The minimum atomic E-state index is -1.16. The summed E-state index contributed by atoms with van der Waals surface area (Å²) in [5.41, 5.74) is 0.131. The molecule has 1 aromatic rings. The topological polar surface area (TPSA) is 53.4 Å². The Morgan fingerprint density at radius 3 is 2.69 bits per heavy atom. The second-order valence-corrected chi connectivity index (χ2v) is 3.20. The average molecular weight is 250 g/mol. The average Bonchev–Trinajstić information content (AvgIpc) is 2.15. The highest BCUT2D eigenvalue weighted by Crippen LogP contribution is 2.15. The molecule has 0 aliphatic heterocycles. The fourth-order valence-electron chi connectivity index (χ4n) is 0.870. The van der Waals surface area contributed by atoms with Gasteiger partial charge in [0, 0.05) is 5.33 Å². The van der Waals surface area contributed by atoms with Crippen LogP contribution >= 0.6 is 15.9 Å². The molecule has 0 saturated carbocycles. The van der Waals surface area contributed by atoms with Crippen LogP contribution in [-0.2, 0) is 0 Å². The molecule has 1 rings (SSSR count). The number of rotatable bonds is 3. The Hall–Kier alpha value is -0.520. The van der Waals surface area contributed by atoms with Gasteiger partial charge in [0.1, 0.15) is 6.10 Å². The van der Waals surface area contributed by atoms with Crippen molar-refractivity contribution in [2.24, 2.45) is 0 Å². The lowest BCUT2D eigenvalue weighted by molar-refractivity contribution is 0.0311. The van der Waals surface area contributed by atoms with E-state index in [-0.39, 0.29) is 11.0 Å². The van der Waals surface area contributed by atoms with Crippen molar-refractivity contribution in [2.75, 3.05) is 5.33 Å². The molecule has 0 spiro atoms. The molecule has 5 heteroatoms. The van der Waals surface area contributed by atoms with Gasteiger partial charge in [-0.1, -0.05) is 22.0 Å². The van der Waals surface area contributed by atoms with Gasteiger partial charge in [-0.3, -0.25) is 0 Å². The van der Waals surface area contributed by atoms with E-state index in [4.69, 9.17) is 0 Å². The second kappa shape index (κ2) is 4.64. The molecule has 3 nitrogen and oxygen atoms in total. The molecule has 2 unspecified atom stereocenters. The normalized spacial score (nSPS) is 15.4. The van der Waals surface area contributed by atoms with E-state index in [1.54, 1.807) is 0 Å². The van der Waals surface area contributed by atoms with Gasteiger partial charge in [-0.2, -0.15) is 4.39 Å². The maximum Gasteiger partial charge on any atom is 0.213 e. The van der Waals surface area contributed by atoms with Crippen molar-refractivity contribution in [3.8, 4) is 0 Å². The molecule has 0 aliphatic rings. The van der Waals surface area contributed by atoms with E-state index in [9.17, 15) is 14.6 Å². The maximum atomic E-state index is 12.6. The van der Waals surface area contributed by atoms with Crippen LogP contribution < -0.4 is 0 Å². The van der Waals surface area contributed by atoms with Gasteiger partial charge in [-0.25, -0.2) is 4.98 Å². The van der Waals surface area contributed by atoms with E-state index in [1.165, 1.54) is 18.2 Å². The predicted octanol–water partition coefficient (Wildman–Crippen LogP) is 1.01. The first-order valence-corrected chi connectivity index (χ1v) is 4.82. The van der Waals surface area contributed by atoms with Crippen molar-refractivity contribution < 1.29 is 14.6 Å². The quantitative estimate of drug-likeness (QED) is 0.621. The predicted molar refractivity (Wildman–Crippen MR) is 49.0 cm³/mol. The molecule has 0 amide bonds. The fraction of sp³-hybridized carbons (Fsp3) is 0.375. The van der Waals surface area contributed by atoms with Crippen LogP contribution in [0.15, 0.2) is 18.2 Å². The molecule has 0 saturated heterocycles. The molecular formula is C8H9BrFNO2. The van der Waals surface area contributed by atoms with Crippen LogP contribution in [0.5, 0.6) is 0 Å². The third-order valence-corrected chi connectivity index (χ3v) is 2.23. The molecule has 2 N–H and O–H groups in total. The molecule has 2 atom stereocenters. The number of aliphatic hydroxyl groups excluding tert-OH is 2. The van der Waals surface area contributed by atoms with Crippen molar-refractivity contribution >= 4 is 15.9 Å². The zero-order chi connectivity index (χ0) is 9.84. The minimum absolute atomic E-state index is 0.131. The first-order chi connectivity index (χ1) is 6.15. The smallest absolute Gasteiger partial charge is 0.213 e. The van der Waals surface area contributed by atoms with Crippen molar-refractivity contribution in [2.45, 2.75) is 12.2 Å². The van der Waals surface area contributed by atoms with E-state index in [1.807, 2.05) is 0 Å². The van der Waals surface area contributed by atoms with E-state index in [0.717, 1.165) is 0 Å². The molecule has 1 aromatic heterocycles. The lowest BCUT2D eigenvalue weighted by atomic mass is 10.1. The molecule has 13 heavy (non-hydrogen) atoms. The molecular weight excluding hydrogens is 241 g/mol. The highest BCUT2D eigenvalue weighted by Gasteiger charge is 2.18. The van der Waals surface area contributed by atoms with Gasteiger partial charge >= 0.3 is 0 Å². The second-order valence-electron chi connectivity index (χ2n) is 2.55. The Morgan fingerprint density at radius 2 is 2.15 bits per heavy atom. The van der Waals surface area contributed by atoms with E-state index in [0.29, 0.717) is 0 Å². The van der Waals surface area contributed by atoms with Crippen molar-refractivity contribution in [1.82, 2.24) is 4.98 Å². The first kappa shape index (κ1) is 10.6. The van der Waals surface area contributed by atoms with Crippen LogP contribution in [0.25, 0.3) is 0 Å². The number of hydrogen-bond acceptors (Lipinski definition) is 3. The number of aromatic nitrogens is 1. The van der Waals surface area contributed by atoms with Crippen LogP contribution in [0.3, 0.4) is 0 Å². The van der Waals surface area contributed by atoms with Gasteiger partial charge in [-0.15, -0.1) is 0 Å². The zero-order valence-electron chi connectivity index (χ0n) is 6.69.